The minimum Gasteiger partial charge on any atom is -0.381 e. The van der Waals surface area contributed by atoms with Crippen LogP contribution in [0.1, 0.15) is 30.9 Å². The molecular weight excluding hydrogens is 198 g/mol. The summed E-state index contributed by atoms with van der Waals surface area (Å²) in [6.45, 7) is 5.88. The molecule has 0 radical (unpaired) electrons. The van der Waals surface area contributed by atoms with E-state index in [0.717, 1.165) is 32.5 Å². The summed E-state index contributed by atoms with van der Waals surface area (Å²) in [7, 11) is 0. The second-order valence-corrected chi connectivity index (χ2v) is 4.29. The highest BCUT2D eigenvalue weighted by Gasteiger charge is 2.05. The molecule has 1 aromatic carbocycles. The van der Waals surface area contributed by atoms with Gasteiger partial charge in [-0.25, -0.2) is 0 Å². The summed E-state index contributed by atoms with van der Waals surface area (Å²) in [5, 5.41) is 0. The minimum absolute atomic E-state index is 0.206. The number of rotatable bonds is 7. The van der Waals surface area contributed by atoms with Gasteiger partial charge in [0.05, 0.1) is 0 Å². The predicted molar refractivity (Wildman–Crippen MR) is 68.6 cm³/mol. The molecule has 0 saturated heterocycles. The highest BCUT2D eigenvalue weighted by atomic mass is 16.5. The van der Waals surface area contributed by atoms with Crippen LogP contribution in [0.4, 0.5) is 0 Å². The van der Waals surface area contributed by atoms with Crippen LogP contribution in [0.5, 0.6) is 0 Å². The summed E-state index contributed by atoms with van der Waals surface area (Å²) < 4.78 is 5.44. The quantitative estimate of drug-likeness (QED) is 0.718. The molecule has 2 nitrogen and oxygen atoms in total. The first-order chi connectivity index (χ1) is 7.74. The van der Waals surface area contributed by atoms with Gasteiger partial charge in [-0.2, -0.15) is 0 Å². The maximum atomic E-state index is 6.08. The molecule has 0 aromatic heterocycles. The topological polar surface area (TPSA) is 35.2 Å². The van der Waals surface area contributed by atoms with Gasteiger partial charge in [0.1, 0.15) is 0 Å². The van der Waals surface area contributed by atoms with E-state index in [0.29, 0.717) is 0 Å². The lowest BCUT2D eigenvalue weighted by Crippen LogP contribution is -2.25. The van der Waals surface area contributed by atoms with E-state index in [9.17, 15) is 0 Å². The summed E-state index contributed by atoms with van der Waals surface area (Å²) >= 11 is 0. The molecule has 2 N–H and O–H groups in total. The Kier molecular flexibility index (Phi) is 6.12. The summed E-state index contributed by atoms with van der Waals surface area (Å²) in [5.41, 5.74) is 8.76. The van der Waals surface area contributed by atoms with E-state index in [1.54, 1.807) is 0 Å². The fourth-order valence-electron chi connectivity index (χ4n) is 1.70. The zero-order valence-electron chi connectivity index (χ0n) is 10.4. The van der Waals surface area contributed by atoms with Crippen LogP contribution in [0.2, 0.25) is 0 Å². The van der Waals surface area contributed by atoms with Gasteiger partial charge in [0.15, 0.2) is 0 Å². The minimum atomic E-state index is 0.206. The van der Waals surface area contributed by atoms with Crippen LogP contribution in [-0.2, 0) is 11.2 Å². The fraction of sp³-hybridized carbons (Fsp3) is 0.571. The highest BCUT2D eigenvalue weighted by molar-refractivity contribution is 5.26. The summed E-state index contributed by atoms with van der Waals surface area (Å²) in [6.07, 6.45) is 2.96. The number of nitrogens with two attached hydrogens (primary N) is 1. The van der Waals surface area contributed by atoms with Gasteiger partial charge in [0.2, 0.25) is 0 Å². The second-order valence-electron chi connectivity index (χ2n) is 4.29. The van der Waals surface area contributed by atoms with E-state index < -0.39 is 0 Å². The zero-order chi connectivity index (χ0) is 11.8. The molecule has 0 fully saturated rings. The van der Waals surface area contributed by atoms with E-state index in [2.05, 4.69) is 38.1 Å². The number of aryl methyl sites for hydroxylation is 1. The smallest absolute Gasteiger partial charge is 0.0480 e. The first-order valence-corrected chi connectivity index (χ1v) is 6.12. The van der Waals surface area contributed by atoms with Crippen LogP contribution in [-0.4, -0.2) is 19.3 Å². The van der Waals surface area contributed by atoms with Crippen molar-refractivity contribution in [2.24, 2.45) is 5.73 Å². The number of hydrogen-bond donors (Lipinski definition) is 1. The Morgan fingerprint density at radius 2 is 2.00 bits per heavy atom. The Bertz CT molecular complexity index is 299. The van der Waals surface area contributed by atoms with Gasteiger partial charge < -0.3 is 10.5 Å². The van der Waals surface area contributed by atoms with Crippen LogP contribution in [0, 0.1) is 6.92 Å². The molecule has 2 heteroatoms. The third-order valence-electron chi connectivity index (χ3n) is 2.72. The molecule has 0 aliphatic heterocycles. The van der Waals surface area contributed by atoms with Crippen molar-refractivity contribution >= 4 is 0 Å². The maximum absolute atomic E-state index is 6.08. The summed E-state index contributed by atoms with van der Waals surface area (Å²) in [4.78, 5) is 0. The standard InChI is InChI=1S/C14H23NO/c1-3-9-16-10-8-14(15)11-13-7-5-4-6-12(13)2/h4-7,14H,3,8-11,15H2,1-2H3. The van der Waals surface area contributed by atoms with Gasteiger partial charge in [-0.15, -0.1) is 0 Å². The van der Waals surface area contributed by atoms with Gasteiger partial charge in [0, 0.05) is 19.3 Å². The molecule has 90 valence electrons. The van der Waals surface area contributed by atoms with Crippen LogP contribution < -0.4 is 5.73 Å². The molecule has 0 saturated carbocycles. The van der Waals surface area contributed by atoms with Crippen molar-refractivity contribution < 1.29 is 4.74 Å². The van der Waals surface area contributed by atoms with E-state index in [1.807, 2.05) is 0 Å². The van der Waals surface area contributed by atoms with Gasteiger partial charge in [-0.05, 0) is 37.3 Å². The molecular formula is C14H23NO. The lowest BCUT2D eigenvalue weighted by atomic mass is 10.0. The van der Waals surface area contributed by atoms with Crippen molar-refractivity contribution in [1.82, 2.24) is 0 Å². The van der Waals surface area contributed by atoms with Gasteiger partial charge in [-0.3, -0.25) is 0 Å². The number of ether oxygens (including phenoxy) is 1. The van der Waals surface area contributed by atoms with E-state index in [4.69, 9.17) is 10.5 Å². The lowest BCUT2D eigenvalue weighted by Gasteiger charge is -2.13. The van der Waals surface area contributed by atoms with Crippen molar-refractivity contribution in [3.8, 4) is 0 Å². The summed E-state index contributed by atoms with van der Waals surface area (Å²) in [6, 6.07) is 8.63. The molecule has 16 heavy (non-hydrogen) atoms. The largest absolute Gasteiger partial charge is 0.381 e. The molecule has 0 aliphatic carbocycles. The van der Waals surface area contributed by atoms with Crippen molar-refractivity contribution in [1.29, 1.82) is 0 Å². The van der Waals surface area contributed by atoms with Crippen molar-refractivity contribution in [2.75, 3.05) is 13.2 Å². The molecule has 0 bridgehead atoms. The van der Waals surface area contributed by atoms with E-state index >= 15 is 0 Å². The van der Waals surface area contributed by atoms with Crippen LogP contribution in [0.25, 0.3) is 0 Å². The van der Waals surface area contributed by atoms with E-state index in [1.165, 1.54) is 11.1 Å². The van der Waals surface area contributed by atoms with Crippen molar-refractivity contribution in [3.63, 3.8) is 0 Å². The molecule has 0 aliphatic rings. The molecule has 1 rings (SSSR count). The van der Waals surface area contributed by atoms with Gasteiger partial charge in [-0.1, -0.05) is 31.2 Å². The molecule has 1 aromatic rings. The summed E-state index contributed by atoms with van der Waals surface area (Å²) in [5.74, 6) is 0. The monoisotopic (exact) mass is 221 g/mol. The van der Waals surface area contributed by atoms with Crippen molar-refractivity contribution in [2.45, 2.75) is 39.2 Å². The van der Waals surface area contributed by atoms with Crippen LogP contribution in [0.3, 0.4) is 0 Å². The molecule has 1 unspecified atom stereocenters. The third-order valence-corrected chi connectivity index (χ3v) is 2.72. The third kappa shape index (κ3) is 4.77. The Labute approximate surface area is 98.8 Å². The van der Waals surface area contributed by atoms with E-state index in [-0.39, 0.29) is 6.04 Å². The fourth-order valence-corrected chi connectivity index (χ4v) is 1.70. The van der Waals surface area contributed by atoms with Crippen molar-refractivity contribution in [3.05, 3.63) is 35.4 Å². The van der Waals surface area contributed by atoms with Gasteiger partial charge >= 0.3 is 0 Å². The van der Waals surface area contributed by atoms with Gasteiger partial charge in [0.25, 0.3) is 0 Å². The second kappa shape index (κ2) is 7.42. The average Bonchev–Trinajstić information content (AvgIpc) is 2.28. The SMILES string of the molecule is CCCOCCC(N)Cc1ccccc1C. The average molecular weight is 221 g/mol. The zero-order valence-corrected chi connectivity index (χ0v) is 10.4. The van der Waals surface area contributed by atoms with Crippen LogP contribution >= 0.6 is 0 Å². The normalized spacial score (nSPS) is 12.7. The Morgan fingerprint density at radius 1 is 1.25 bits per heavy atom. The molecule has 0 spiro atoms. The molecule has 0 amide bonds. The Morgan fingerprint density at radius 3 is 2.69 bits per heavy atom. The number of benzene rings is 1. The Hall–Kier alpha value is -0.860. The predicted octanol–water partition coefficient (Wildman–Crippen LogP) is 2.68. The van der Waals surface area contributed by atoms with Crippen LogP contribution in [0.15, 0.2) is 24.3 Å². The maximum Gasteiger partial charge on any atom is 0.0480 e. The highest BCUT2D eigenvalue weighted by Crippen LogP contribution is 2.10. The first-order valence-electron chi connectivity index (χ1n) is 6.12. The Balaban J connectivity index is 2.28. The first kappa shape index (κ1) is 13.2. The lowest BCUT2D eigenvalue weighted by molar-refractivity contribution is 0.127. The number of hydrogen-bond acceptors (Lipinski definition) is 2. The molecule has 1 atom stereocenters. The molecule has 0 heterocycles.